The number of aromatic nitrogens is 2. The fourth-order valence-electron chi connectivity index (χ4n) is 3.48. The molecule has 0 saturated carbocycles. The van der Waals surface area contributed by atoms with Gasteiger partial charge < -0.3 is 10.1 Å². The summed E-state index contributed by atoms with van der Waals surface area (Å²) in [6, 6.07) is 14.9. The number of methoxy groups -OCH3 is 1. The van der Waals surface area contributed by atoms with Crippen molar-refractivity contribution < 1.29 is 18.3 Å². The number of halogens is 2. The summed E-state index contributed by atoms with van der Waals surface area (Å²) in [6.07, 6.45) is 0. The summed E-state index contributed by atoms with van der Waals surface area (Å²) in [5.41, 5.74) is 3.04. The molecule has 0 spiro atoms. The van der Waals surface area contributed by atoms with Crippen molar-refractivity contribution in [3.8, 4) is 16.9 Å². The maximum absolute atomic E-state index is 13.9. The molecule has 31 heavy (non-hydrogen) atoms. The fourth-order valence-corrected chi connectivity index (χ4v) is 3.48. The average molecular weight is 421 g/mol. The number of nitrogens with one attached hydrogen (secondary N) is 2. The van der Waals surface area contributed by atoms with Gasteiger partial charge in [0.2, 0.25) is 0 Å². The highest BCUT2D eigenvalue weighted by Crippen LogP contribution is 2.35. The molecule has 7 heteroatoms. The number of aromatic amines is 1. The van der Waals surface area contributed by atoms with E-state index in [0.29, 0.717) is 16.8 Å². The molecule has 0 unspecified atom stereocenters. The summed E-state index contributed by atoms with van der Waals surface area (Å²) in [4.78, 5) is 12.4. The van der Waals surface area contributed by atoms with Gasteiger partial charge >= 0.3 is 0 Å². The topological polar surface area (TPSA) is 67.0 Å². The van der Waals surface area contributed by atoms with Gasteiger partial charge in [0.1, 0.15) is 22.9 Å². The van der Waals surface area contributed by atoms with Crippen LogP contribution in [0.25, 0.3) is 22.0 Å². The Labute approximate surface area is 178 Å². The Kier molecular flexibility index (Phi) is 5.42. The molecule has 0 saturated heterocycles. The molecule has 0 aliphatic heterocycles. The lowest BCUT2D eigenvalue weighted by atomic mass is 9.96. The number of fused-ring (bicyclic) bond motifs is 1. The van der Waals surface area contributed by atoms with Crippen LogP contribution in [0.4, 0.5) is 14.6 Å². The number of hydrogen-bond donors (Lipinski definition) is 2. The van der Waals surface area contributed by atoms with Gasteiger partial charge in [-0.25, -0.2) is 8.78 Å². The lowest BCUT2D eigenvalue weighted by molar-refractivity contribution is 0.101. The Morgan fingerprint density at radius 1 is 1.06 bits per heavy atom. The summed E-state index contributed by atoms with van der Waals surface area (Å²) in [5, 5.41) is 10.1. The van der Waals surface area contributed by atoms with Crippen molar-refractivity contribution in [2.24, 2.45) is 0 Å². The standard InChI is InChI=1S/C24H21F2N3O2/c1-13(2)14-8-10-21(31-3)17(11-14)15-7-9-16-20(12-15)28-29-23(16)27-24(30)22-18(25)5-4-6-19(22)26/h4-13H,1-3H3,(H2,27,28,29,30). The van der Waals surface area contributed by atoms with Gasteiger partial charge in [-0.15, -0.1) is 0 Å². The number of benzene rings is 3. The molecule has 1 heterocycles. The molecule has 3 aromatic carbocycles. The third kappa shape index (κ3) is 3.86. The van der Waals surface area contributed by atoms with Crippen molar-refractivity contribution in [2.75, 3.05) is 12.4 Å². The zero-order chi connectivity index (χ0) is 22.1. The van der Waals surface area contributed by atoms with Crippen molar-refractivity contribution in [1.29, 1.82) is 0 Å². The third-order valence-electron chi connectivity index (χ3n) is 5.19. The largest absolute Gasteiger partial charge is 0.496 e. The average Bonchev–Trinajstić information content (AvgIpc) is 3.15. The van der Waals surface area contributed by atoms with Gasteiger partial charge in [0, 0.05) is 10.9 Å². The molecule has 2 N–H and O–H groups in total. The number of H-pyrrole nitrogens is 1. The second-order valence-electron chi connectivity index (χ2n) is 7.50. The minimum absolute atomic E-state index is 0.192. The van der Waals surface area contributed by atoms with Gasteiger partial charge in [0.05, 0.1) is 12.6 Å². The zero-order valence-electron chi connectivity index (χ0n) is 17.3. The van der Waals surface area contributed by atoms with Crippen LogP contribution in [0.5, 0.6) is 5.75 Å². The number of anilines is 1. The summed E-state index contributed by atoms with van der Waals surface area (Å²) in [7, 11) is 1.62. The van der Waals surface area contributed by atoms with Gasteiger partial charge in [-0.3, -0.25) is 9.89 Å². The molecule has 4 rings (SSSR count). The van der Waals surface area contributed by atoms with Crippen molar-refractivity contribution >= 4 is 22.6 Å². The van der Waals surface area contributed by atoms with E-state index in [1.54, 1.807) is 13.2 Å². The summed E-state index contributed by atoms with van der Waals surface area (Å²) < 4.78 is 33.3. The fraction of sp³-hybridized carbons (Fsp3) is 0.167. The monoisotopic (exact) mass is 421 g/mol. The van der Waals surface area contributed by atoms with Crippen LogP contribution in [0.15, 0.2) is 54.6 Å². The van der Waals surface area contributed by atoms with E-state index in [2.05, 4.69) is 35.4 Å². The number of carbonyl (C=O) groups is 1. The first-order valence-corrected chi connectivity index (χ1v) is 9.81. The number of rotatable bonds is 5. The summed E-state index contributed by atoms with van der Waals surface area (Å²) in [5.74, 6) is -1.47. The van der Waals surface area contributed by atoms with Crippen LogP contribution in [0, 0.1) is 11.6 Å². The van der Waals surface area contributed by atoms with E-state index < -0.39 is 23.1 Å². The van der Waals surface area contributed by atoms with Crippen LogP contribution in [0.2, 0.25) is 0 Å². The van der Waals surface area contributed by atoms with Crippen LogP contribution >= 0.6 is 0 Å². The molecular formula is C24H21F2N3O2. The van der Waals surface area contributed by atoms with Gasteiger partial charge in [-0.05, 0) is 53.4 Å². The minimum Gasteiger partial charge on any atom is -0.496 e. The Balaban J connectivity index is 1.70. The Morgan fingerprint density at radius 3 is 2.48 bits per heavy atom. The number of amides is 1. The molecule has 0 aliphatic rings. The first-order valence-electron chi connectivity index (χ1n) is 9.81. The maximum atomic E-state index is 13.9. The van der Waals surface area contributed by atoms with Crippen molar-refractivity contribution in [3.63, 3.8) is 0 Å². The summed E-state index contributed by atoms with van der Waals surface area (Å²) >= 11 is 0. The number of carbonyl (C=O) groups excluding carboxylic acids is 1. The lowest BCUT2D eigenvalue weighted by Gasteiger charge is -2.13. The third-order valence-corrected chi connectivity index (χ3v) is 5.19. The minimum atomic E-state index is -0.934. The molecule has 0 atom stereocenters. The van der Waals surface area contributed by atoms with Crippen LogP contribution in [-0.2, 0) is 0 Å². The lowest BCUT2D eigenvalue weighted by Crippen LogP contribution is -2.16. The first kappa shape index (κ1) is 20.5. The Morgan fingerprint density at radius 2 is 1.81 bits per heavy atom. The van der Waals surface area contributed by atoms with Crippen molar-refractivity contribution in [3.05, 3.63) is 77.4 Å². The summed E-state index contributed by atoms with van der Waals surface area (Å²) in [6.45, 7) is 4.24. The molecule has 0 radical (unpaired) electrons. The predicted molar refractivity (Wildman–Crippen MR) is 116 cm³/mol. The number of hydrogen-bond acceptors (Lipinski definition) is 3. The van der Waals surface area contributed by atoms with Crippen molar-refractivity contribution in [2.45, 2.75) is 19.8 Å². The molecule has 5 nitrogen and oxygen atoms in total. The highest BCUT2D eigenvalue weighted by atomic mass is 19.1. The quantitative estimate of drug-likeness (QED) is 0.422. The molecule has 1 amide bonds. The van der Waals surface area contributed by atoms with Crippen LogP contribution < -0.4 is 10.1 Å². The molecule has 0 aliphatic carbocycles. The SMILES string of the molecule is COc1ccc(C(C)C)cc1-c1ccc2c(NC(=O)c3c(F)cccc3F)n[nH]c2c1. The molecule has 4 aromatic rings. The molecule has 1 aromatic heterocycles. The van der Waals surface area contributed by atoms with Gasteiger partial charge in [-0.2, -0.15) is 5.10 Å². The van der Waals surface area contributed by atoms with Crippen LogP contribution in [-0.4, -0.2) is 23.2 Å². The molecular weight excluding hydrogens is 400 g/mol. The first-order chi connectivity index (χ1) is 14.9. The second-order valence-corrected chi connectivity index (χ2v) is 7.50. The van der Waals surface area contributed by atoms with Gasteiger partial charge in [-0.1, -0.05) is 32.0 Å². The number of nitrogens with zero attached hydrogens (tertiary/aromatic N) is 1. The highest BCUT2D eigenvalue weighted by Gasteiger charge is 2.19. The van der Waals surface area contributed by atoms with E-state index in [1.807, 2.05) is 24.3 Å². The smallest absolute Gasteiger partial charge is 0.262 e. The van der Waals surface area contributed by atoms with Crippen LogP contribution in [0.1, 0.15) is 35.7 Å². The molecule has 158 valence electrons. The van der Waals surface area contributed by atoms with E-state index >= 15 is 0 Å². The van der Waals surface area contributed by atoms with E-state index in [1.165, 1.54) is 11.6 Å². The maximum Gasteiger partial charge on any atom is 0.262 e. The molecule has 0 bridgehead atoms. The van der Waals surface area contributed by atoms with E-state index in [0.717, 1.165) is 29.0 Å². The highest BCUT2D eigenvalue weighted by molar-refractivity contribution is 6.08. The van der Waals surface area contributed by atoms with E-state index in [4.69, 9.17) is 4.74 Å². The van der Waals surface area contributed by atoms with Crippen LogP contribution in [0.3, 0.4) is 0 Å². The normalized spacial score (nSPS) is 11.2. The zero-order valence-corrected chi connectivity index (χ0v) is 17.3. The Hall–Kier alpha value is -3.74. The number of ether oxygens (including phenoxy) is 1. The Bertz CT molecular complexity index is 1260. The van der Waals surface area contributed by atoms with Gasteiger partial charge in [0.15, 0.2) is 5.82 Å². The van der Waals surface area contributed by atoms with E-state index in [9.17, 15) is 13.6 Å². The predicted octanol–water partition coefficient (Wildman–Crippen LogP) is 5.89. The molecule has 0 fully saturated rings. The van der Waals surface area contributed by atoms with Gasteiger partial charge in [0.25, 0.3) is 5.91 Å². The van der Waals surface area contributed by atoms with Crippen molar-refractivity contribution in [1.82, 2.24) is 10.2 Å². The van der Waals surface area contributed by atoms with E-state index in [-0.39, 0.29) is 5.82 Å². The second kappa shape index (κ2) is 8.18.